The van der Waals surface area contributed by atoms with Crippen LogP contribution in [-0.4, -0.2) is 12.1 Å². The number of aromatic nitrogens is 1. The van der Waals surface area contributed by atoms with Gasteiger partial charge in [0.2, 0.25) is 0 Å². The van der Waals surface area contributed by atoms with Gasteiger partial charge in [0.25, 0.3) is 0 Å². The molecule has 0 spiro atoms. The van der Waals surface area contributed by atoms with E-state index in [1.165, 1.54) is 23.5 Å². The topological polar surface area (TPSA) is 57.9 Å². The molecule has 0 aliphatic carbocycles. The highest BCUT2D eigenvalue weighted by Gasteiger charge is 2.10. The summed E-state index contributed by atoms with van der Waals surface area (Å²) in [6, 6.07) is 13.3. The van der Waals surface area contributed by atoms with Crippen molar-refractivity contribution in [3.63, 3.8) is 0 Å². The fourth-order valence-electron chi connectivity index (χ4n) is 2.24. The number of thiazole rings is 1. The number of hydrogen-bond donors (Lipinski definition) is 1. The second-order valence-corrected chi connectivity index (χ2v) is 6.50. The maximum Gasteiger partial charge on any atom is 0.142 e. The molecule has 7 heteroatoms. The summed E-state index contributed by atoms with van der Waals surface area (Å²) in [5, 5.41) is 15.4. The molecule has 0 amide bonds. The van der Waals surface area contributed by atoms with Crippen molar-refractivity contribution < 1.29 is 9.13 Å². The Morgan fingerprint density at radius 1 is 1.31 bits per heavy atom. The first-order valence-electron chi connectivity index (χ1n) is 7.53. The van der Waals surface area contributed by atoms with E-state index in [0.717, 1.165) is 5.56 Å². The van der Waals surface area contributed by atoms with Crippen LogP contribution in [0.25, 0.3) is 16.8 Å². The lowest BCUT2D eigenvalue weighted by Crippen LogP contribution is -1.95. The molecule has 0 atom stereocenters. The summed E-state index contributed by atoms with van der Waals surface area (Å²) in [6.07, 6.45) is 1.56. The van der Waals surface area contributed by atoms with Crippen LogP contribution in [0.5, 0.6) is 5.75 Å². The zero-order chi connectivity index (χ0) is 18.5. The van der Waals surface area contributed by atoms with Gasteiger partial charge in [-0.2, -0.15) is 5.26 Å². The van der Waals surface area contributed by atoms with Crippen molar-refractivity contribution in [1.29, 1.82) is 5.26 Å². The Bertz CT molecular complexity index is 993. The number of anilines is 1. The van der Waals surface area contributed by atoms with Crippen molar-refractivity contribution in [1.82, 2.24) is 4.98 Å². The molecule has 0 radical (unpaired) electrons. The van der Waals surface area contributed by atoms with E-state index >= 15 is 0 Å². The number of rotatable bonds is 5. The third-order valence-corrected chi connectivity index (χ3v) is 4.64. The number of ether oxygens (including phenoxy) is 1. The number of halogens is 2. The van der Waals surface area contributed by atoms with Crippen molar-refractivity contribution in [2.45, 2.75) is 0 Å². The Balaban J connectivity index is 1.86. The van der Waals surface area contributed by atoms with Gasteiger partial charge in [-0.3, -0.25) is 0 Å². The van der Waals surface area contributed by atoms with Crippen LogP contribution in [0.1, 0.15) is 5.01 Å². The molecule has 0 bridgehead atoms. The van der Waals surface area contributed by atoms with Gasteiger partial charge in [-0.15, -0.1) is 11.3 Å². The Morgan fingerprint density at radius 2 is 2.08 bits per heavy atom. The maximum atomic E-state index is 13.0. The van der Waals surface area contributed by atoms with Crippen molar-refractivity contribution in [3.8, 4) is 23.1 Å². The first-order valence-corrected chi connectivity index (χ1v) is 8.78. The Hall–Kier alpha value is -2.88. The van der Waals surface area contributed by atoms with Crippen molar-refractivity contribution in [3.05, 3.63) is 69.9 Å². The number of allylic oxidation sites excluding steroid dienone is 1. The Labute approximate surface area is 159 Å². The lowest BCUT2D eigenvalue weighted by atomic mass is 10.2. The summed E-state index contributed by atoms with van der Waals surface area (Å²) in [4.78, 5) is 4.46. The minimum Gasteiger partial charge on any atom is -0.495 e. The fourth-order valence-corrected chi connectivity index (χ4v) is 3.20. The molecule has 2 aromatic carbocycles. The number of hydrogen-bond acceptors (Lipinski definition) is 5. The number of nitrogens with one attached hydrogen (secondary N) is 1. The molecule has 1 N–H and O–H groups in total. The molecule has 4 nitrogen and oxygen atoms in total. The summed E-state index contributed by atoms with van der Waals surface area (Å²) in [6.45, 7) is 0. The first kappa shape index (κ1) is 17.9. The quantitative estimate of drug-likeness (QED) is 0.582. The molecular formula is C19H13ClFN3OS. The van der Waals surface area contributed by atoms with Gasteiger partial charge in [0, 0.05) is 22.2 Å². The summed E-state index contributed by atoms with van der Waals surface area (Å²) in [7, 11) is 1.55. The molecular weight excluding hydrogens is 373 g/mol. The van der Waals surface area contributed by atoms with Gasteiger partial charge in [-0.1, -0.05) is 11.6 Å². The van der Waals surface area contributed by atoms with Crippen LogP contribution >= 0.6 is 22.9 Å². The molecule has 0 aliphatic heterocycles. The highest BCUT2D eigenvalue weighted by molar-refractivity contribution is 7.11. The van der Waals surface area contributed by atoms with Gasteiger partial charge in [0.05, 0.1) is 18.5 Å². The zero-order valence-electron chi connectivity index (χ0n) is 13.7. The fraction of sp³-hybridized carbons (Fsp3) is 0.0526. The number of nitrogens with zero attached hydrogens (tertiary/aromatic N) is 2. The third-order valence-electron chi connectivity index (χ3n) is 3.53. The summed E-state index contributed by atoms with van der Waals surface area (Å²) in [5.41, 5.74) is 2.48. The molecule has 3 aromatic rings. The van der Waals surface area contributed by atoms with Gasteiger partial charge >= 0.3 is 0 Å². The molecule has 0 saturated carbocycles. The molecule has 0 aliphatic rings. The number of nitriles is 1. The normalized spacial score (nSPS) is 11.1. The van der Waals surface area contributed by atoms with Crippen LogP contribution < -0.4 is 10.1 Å². The highest BCUT2D eigenvalue weighted by Crippen LogP contribution is 2.29. The largest absolute Gasteiger partial charge is 0.495 e. The van der Waals surface area contributed by atoms with Crippen LogP contribution in [0.3, 0.4) is 0 Å². The van der Waals surface area contributed by atoms with E-state index in [1.807, 2.05) is 5.38 Å². The van der Waals surface area contributed by atoms with Gasteiger partial charge in [0.15, 0.2) is 0 Å². The average molecular weight is 386 g/mol. The van der Waals surface area contributed by atoms with Crippen LogP contribution in [0.15, 0.2) is 54.0 Å². The summed E-state index contributed by atoms with van der Waals surface area (Å²) in [5.74, 6) is 0.301. The van der Waals surface area contributed by atoms with E-state index in [-0.39, 0.29) is 5.82 Å². The SMILES string of the molecule is COc1ccc(Cl)cc1N/C=C(\C#N)c1nc(-c2ccc(F)cc2)cs1. The Morgan fingerprint density at radius 3 is 2.77 bits per heavy atom. The van der Waals surface area contributed by atoms with Gasteiger partial charge in [-0.25, -0.2) is 9.37 Å². The molecule has 26 heavy (non-hydrogen) atoms. The van der Waals surface area contributed by atoms with E-state index in [2.05, 4.69) is 16.4 Å². The van der Waals surface area contributed by atoms with Crippen molar-refractivity contribution >= 4 is 34.2 Å². The third kappa shape index (κ3) is 4.02. The van der Waals surface area contributed by atoms with E-state index < -0.39 is 0 Å². The molecule has 130 valence electrons. The maximum absolute atomic E-state index is 13.0. The van der Waals surface area contributed by atoms with Crippen LogP contribution in [0.2, 0.25) is 5.02 Å². The Kier molecular flexibility index (Phi) is 5.52. The minimum atomic E-state index is -0.304. The second-order valence-electron chi connectivity index (χ2n) is 5.20. The molecule has 0 saturated heterocycles. The molecule has 0 unspecified atom stereocenters. The second kappa shape index (κ2) is 8.00. The zero-order valence-corrected chi connectivity index (χ0v) is 15.2. The highest BCUT2D eigenvalue weighted by atomic mass is 35.5. The lowest BCUT2D eigenvalue weighted by Gasteiger charge is -2.08. The first-order chi connectivity index (χ1) is 12.6. The number of benzene rings is 2. The molecule has 1 aromatic heterocycles. The van der Waals surface area contributed by atoms with Crippen molar-refractivity contribution in [2.24, 2.45) is 0 Å². The predicted octanol–water partition coefficient (Wildman–Crippen LogP) is 5.59. The smallest absolute Gasteiger partial charge is 0.142 e. The standard InChI is InChI=1S/C19H13ClFN3OS/c1-25-18-7-4-14(20)8-16(18)23-10-13(9-22)19-24-17(11-26-19)12-2-5-15(21)6-3-12/h2-8,10-11,23H,1H3/b13-10+. The van der Waals surface area contributed by atoms with E-state index in [1.54, 1.807) is 43.6 Å². The van der Waals surface area contributed by atoms with Crippen LogP contribution in [0, 0.1) is 17.1 Å². The van der Waals surface area contributed by atoms with Gasteiger partial charge in [0.1, 0.15) is 28.2 Å². The van der Waals surface area contributed by atoms with Crippen LogP contribution in [-0.2, 0) is 0 Å². The average Bonchev–Trinajstić information content (AvgIpc) is 3.13. The minimum absolute atomic E-state index is 0.304. The molecule has 1 heterocycles. The lowest BCUT2D eigenvalue weighted by molar-refractivity contribution is 0.417. The van der Waals surface area contributed by atoms with Crippen molar-refractivity contribution in [2.75, 3.05) is 12.4 Å². The monoisotopic (exact) mass is 385 g/mol. The molecule has 0 fully saturated rings. The van der Waals surface area contributed by atoms with E-state index in [9.17, 15) is 9.65 Å². The van der Waals surface area contributed by atoms with Crippen LogP contribution in [0.4, 0.5) is 10.1 Å². The molecule has 3 rings (SSSR count). The summed E-state index contributed by atoms with van der Waals surface area (Å²) >= 11 is 7.34. The van der Waals surface area contributed by atoms with E-state index in [4.69, 9.17) is 16.3 Å². The van der Waals surface area contributed by atoms with Gasteiger partial charge in [-0.05, 0) is 42.5 Å². The van der Waals surface area contributed by atoms with E-state index in [0.29, 0.717) is 32.7 Å². The van der Waals surface area contributed by atoms with Gasteiger partial charge < -0.3 is 10.1 Å². The summed E-state index contributed by atoms with van der Waals surface area (Å²) < 4.78 is 18.3. The number of methoxy groups -OCH3 is 1. The predicted molar refractivity (Wildman–Crippen MR) is 103 cm³/mol.